The van der Waals surface area contributed by atoms with Gasteiger partial charge in [-0.1, -0.05) is 60.2 Å². The Morgan fingerprint density at radius 2 is 1.72 bits per heavy atom. The molecule has 1 aliphatic rings. The minimum atomic E-state index is -4.53. The third-order valence-electron chi connectivity index (χ3n) is 4.71. The Bertz CT molecular complexity index is 738. The van der Waals surface area contributed by atoms with Crippen LogP contribution < -0.4 is 0 Å². The maximum absolute atomic E-state index is 13.8. The Morgan fingerprint density at radius 1 is 1.08 bits per heavy atom. The molecule has 0 saturated carbocycles. The van der Waals surface area contributed by atoms with Gasteiger partial charge in [-0.3, -0.25) is 4.79 Å². The SMILES string of the molecule is Cc1ccc([C@@]2(C(=O)c3ccccc3)OCCC[C@@H]2C(F)(F)F)cc1. The smallest absolute Gasteiger partial charge is 0.361 e. The van der Waals surface area contributed by atoms with E-state index in [1.54, 1.807) is 42.5 Å². The highest BCUT2D eigenvalue weighted by molar-refractivity contribution is 6.03. The summed E-state index contributed by atoms with van der Waals surface area (Å²) in [5.41, 5.74) is -0.649. The number of ketones is 1. The molecule has 2 aromatic carbocycles. The molecule has 0 amide bonds. The highest BCUT2D eigenvalue weighted by Crippen LogP contribution is 2.50. The maximum atomic E-state index is 13.8. The number of carbonyl (C=O) groups excluding carboxylic acids is 1. The summed E-state index contributed by atoms with van der Waals surface area (Å²) in [7, 11) is 0. The molecule has 2 nitrogen and oxygen atoms in total. The minimum Gasteiger partial charge on any atom is -0.361 e. The van der Waals surface area contributed by atoms with Crippen LogP contribution in [0, 0.1) is 12.8 Å². The molecule has 0 aliphatic carbocycles. The fraction of sp³-hybridized carbons (Fsp3) is 0.350. The van der Waals surface area contributed by atoms with Crippen LogP contribution in [0.1, 0.15) is 34.3 Å². The van der Waals surface area contributed by atoms with Gasteiger partial charge in [-0.15, -0.1) is 0 Å². The van der Waals surface area contributed by atoms with E-state index in [9.17, 15) is 18.0 Å². The fourth-order valence-corrected chi connectivity index (χ4v) is 3.46. The second-order valence-corrected chi connectivity index (χ2v) is 6.38. The molecule has 0 radical (unpaired) electrons. The number of Topliss-reactive ketones (excluding diaryl/α,β-unsaturated/α-hetero) is 1. The Kier molecular flexibility index (Phi) is 4.69. The molecule has 25 heavy (non-hydrogen) atoms. The van der Waals surface area contributed by atoms with E-state index in [-0.39, 0.29) is 30.6 Å². The van der Waals surface area contributed by atoms with Crippen LogP contribution in [-0.2, 0) is 10.3 Å². The maximum Gasteiger partial charge on any atom is 0.395 e. The van der Waals surface area contributed by atoms with Crippen LogP contribution in [0.2, 0.25) is 0 Å². The topological polar surface area (TPSA) is 26.3 Å². The summed E-state index contributed by atoms with van der Waals surface area (Å²) in [5.74, 6) is -2.51. The van der Waals surface area contributed by atoms with Gasteiger partial charge >= 0.3 is 6.18 Å². The van der Waals surface area contributed by atoms with Gasteiger partial charge in [0, 0.05) is 12.2 Å². The molecule has 0 aromatic heterocycles. The van der Waals surface area contributed by atoms with Gasteiger partial charge in [-0.05, 0) is 25.3 Å². The second-order valence-electron chi connectivity index (χ2n) is 6.38. The Hall–Kier alpha value is -2.14. The van der Waals surface area contributed by atoms with E-state index in [0.29, 0.717) is 0 Å². The highest BCUT2D eigenvalue weighted by atomic mass is 19.4. The first-order valence-electron chi connectivity index (χ1n) is 8.23. The molecular weight excluding hydrogens is 329 g/mol. The molecule has 1 saturated heterocycles. The average Bonchev–Trinajstić information content (AvgIpc) is 2.61. The first-order chi connectivity index (χ1) is 11.9. The number of alkyl halides is 3. The van der Waals surface area contributed by atoms with Crippen molar-refractivity contribution in [3.8, 4) is 0 Å². The predicted octanol–water partition coefficient (Wildman–Crippen LogP) is 5.06. The summed E-state index contributed by atoms with van der Waals surface area (Å²) in [6.07, 6.45) is -4.38. The molecule has 5 heteroatoms. The lowest BCUT2D eigenvalue weighted by Crippen LogP contribution is -2.53. The van der Waals surface area contributed by atoms with Gasteiger partial charge in [-0.25, -0.2) is 0 Å². The lowest BCUT2D eigenvalue weighted by molar-refractivity contribution is -0.245. The summed E-state index contributed by atoms with van der Waals surface area (Å²) < 4.78 is 47.2. The summed E-state index contributed by atoms with van der Waals surface area (Å²) in [4.78, 5) is 13.2. The first-order valence-corrected chi connectivity index (χ1v) is 8.23. The van der Waals surface area contributed by atoms with Crippen molar-refractivity contribution in [1.82, 2.24) is 0 Å². The number of hydrogen-bond donors (Lipinski definition) is 0. The molecule has 1 heterocycles. The van der Waals surface area contributed by atoms with E-state index < -0.39 is 23.5 Å². The summed E-state index contributed by atoms with van der Waals surface area (Å²) in [5, 5.41) is 0. The summed E-state index contributed by atoms with van der Waals surface area (Å²) >= 11 is 0. The Labute approximate surface area is 144 Å². The summed E-state index contributed by atoms with van der Waals surface area (Å²) in [6, 6.07) is 14.6. The summed E-state index contributed by atoms with van der Waals surface area (Å²) in [6.45, 7) is 1.97. The largest absolute Gasteiger partial charge is 0.395 e. The predicted molar refractivity (Wildman–Crippen MR) is 88.4 cm³/mol. The van der Waals surface area contributed by atoms with Crippen LogP contribution in [0.25, 0.3) is 0 Å². The van der Waals surface area contributed by atoms with Crippen LogP contribution in [0.3, 0.4) is 0 Å². The van der Waals surface area contributed by atoms with Gasteiger partial charge < -0.3 is 4.74 Å². The van der Waals surface area contributed by atoms with Crippen LogP contribution in [0.5, 0.6) is 0 Å². The van der Waals surface area contributed by atoms with Crippen molar-refractivity contribution in [2.24, 2.45) is 5.92 Å². The molecule has 0 unspecified atom stereocenters. The second kappa shape index (κ2) is 6.64. The molecule has 132 valence electrons. The first kappa shape index (κ1) is 17.7. The third-order valence-corrected chi connectivity index (χ3v) is 4.71. The van der Waals surface area contributed by atoms with Gasteiger partial charge in [0.2, 0.25) is 0 Å². The Morgan fingerprint density at radius 3 is 2.32 bits per heavy atom. The fourth-order valence-electron chi connectivity index (χ4n) is 3.46. The van der Waals surface area contributed by atoms with E-state index >= 15 is 0 Å². The quantitative estimate of drug-likeness (QED) is 0.725. The van der Waals surface area contributed by atoms with Crippen molar-refractivity contribution in [2.45, 2.75) is 31.5 Å². The Balaban J connectivity index is 2.20. The molecule has 0 N–H and O–H groups in total. The molecule has 1 aliphatic heterocycles. The van der Waals surface area contributed by atoms with Crippen LogP contribution in [-0.4, -0.2) is 18.6 Å². The van der Waals surface area contributed by atoms with Crippen LogP contribution in [0.15, 0.2) is 54.6 Å². The molecular formula is C20H19F3O2. The number of rotatable bonds is 3. The molecule has 2 aromatic rings. The number of halogens is 3. The minimum absolute atomic E-state index is 0.124. The van der Waals surface area contributed by atoms with E-state index in [4.69, 9.17) is 4.74 Å². The van der Waals surface area contributed by atoms with Crippen molar-refractivity contribution < 1.29 is 22.7 Å². The average molecular weight is 348 g/mol. The van der Waals surface area contributed by atoms with Crippen molar-refractivity contribution in [3.63, 3.8) is 0 Å². The van der Waals surface area contributed by atoms with Crippen LogP contribution >= 0.6 is 0 Å². The zero-order valence-electron chi connectivity index (χ0n) is 13.8. The zero-order chi connectivity index (χ0) is 18.1. The van der Waals surface area contributed by atoms with E-state index in [0.717, 1.165) is 5.56 Å². The number of carbonyl (C=O) groups is 1. The molecule has 3 rings (SSSR count). The van der Waals surface area contributed by atoms with Crippen LogP contribution in [0.4, 0.5) is 13.2 Å². The van der Waals surface area contributed by atoms with Crippen molar-refractivity contribution in [1.29, 1.82) is 0 Å². The molecule has 2 atom stereocenters. The van der Waals surface area contributed by atoms with E-state index in [2.05, 4.69) is 0 Å². The third kappa shape index (κ3) is 3.21. The number of hydrogen-bond acceptors (Lipinski definition) is 2. The lowest BCUT2D eigenvalue weighted by Gasteiger charge is -2.43. The van der Waals surface area contributed by atoms with E-state index in [1.165, 1.54) is 12.1 Å². The van der Waals surface area contributed by atoms with Gasteiger partial charge in [0.05, 0.1) is 5.92 Å². The normalized spacial score (nSPS) is 24.1. The standard InChI is InChI=1S/C20H19F3O2/c1-14-9-11-16(12-10-14)19(18(24)15-6-3-2-4-7-15)17(20(21,22)23)8-5-13-25-19/h2-4,6-7,9-12,17H,5,8,13H2,1H3/t17-,19+/m0/s1. The highest BCUT2D eigenvalue weighted by Gasteiger charge is 2.60. The van der Waals surface area contributed by atoms with Gasteiger partial charge in [0.25, 0.3) is 0 Å². The van der Waals surface area contributed by atoms with Crippen molar-refractivity contribution >= 4 is 5.78 Å². The number of benzene rings is 2. The molecule has 0 bridgehead atoms. The van der Waals surface area contributed by atoms with E-state index in [1.807, 2.05) is 6.92 Å². The molecule has 0 spiro atoms. The van der Waals surface area contributed by atoms with Crippen molar-refractivity contribution in [3.05, 3.63) is 71.3 Å². The molecule has 1 fully saturated rings. The van der Waals surface area contributed by atoms with Crippen molar-refractivity contribution in [2.75, 3.05) is 6.61 Å². The zero-order valence-corrected chi connectivity index (χ0v) is 13.8. The van der Waals surface area contributed by atoms with Gasteiger partial charge in [0.15, 0.2) is 11.4 Å². The monoisotopic (exact) mass is 348 g/mol. The number of aryl methyl sites for hydroxylation is 1. The number of ether oxygens (including phenoxy) is 1. The van der Waals surface area contributed by atoms with Gasteiger partial charge in [0.1, 0.15) is 0 Å². The van der Waals surface area contributed by atoms with Gasteiger partial charge in [-0.2, -0.15) is 13.2 Å². The lowest BCUT2D eigenvalue weighted by atomic mass is 9.72.